The van der Waals surface area contributed by atoms with Gasteiger partial charge in [-0.15, -0.1) is 0 Å². The average molecular weight is 203 g/mol. The van der Waals surface area contributed by atoms with E-state index in [0.29, 0.717) is 6.61 Å². The Kier molecular flexibility index (Phi) is 11.5. The zero-order chi connectivity index (χ0) is 9.78. The largest absolute Gasteiger partial charge is 0.396 e. The van der Waals surface area contributed by atoms with Gasteiger partial charge in [-0.05, 0) is 19.3 Å². The van der Waals surface area contributed by atoms with Crippen molar-refractivity contribution < 1.29 is 5.11 Å². The van der Waals surface area contributed by atoms with Gasteiger partial charge in [0.25, 0.3) is 0 Å². The van der Waals surface area contributed by atoms with Crippen molar-refractivity contribution >= 4 is 11.6 Å². The molecule has 0 saturated heterocycles. The van der Waals surface area contributed by atoms with Crippen LogP contribution in [0.3, 0.4) is 0 Å². The molecule has 0 amide bonds. The lowest BCUT2D eigenvalue weighted by atomic mass is 10.1. The third-order valence-corrected chi connectivity index (χ3v) is 1.99. The molecule has 0 aliphatic carbocycles. The number of allylic oxidation sites excluding steroid dienone is 3. The summed E-state index contributed by atoms with van der Waals surface area (Å²) in [5.74, 6) is 0. The predicted octanol–water partition coefficient (Wildman–Crippen LogP) is 3.63. The third-order valence-electron chi connectivity index (χ3n) is 1.85. The van der Waals surface area contributed by atoms with Crippen molar-refractivity contribution in [2.75, 3.05) is 6.61 Å². The van der Waals surface area contributed by atoms with Crippen LogP contribution >= 0.6 is 11.6 Å². The van der Waals surface area contributed by atoms with Crippen LogP contribution in [0.5, 0.6) is 0 Å². The number of hydrogen-bond acceptors (Lipinski definition) is 1. The molecule has 13 heavy (non-hydrogen) atoms. The summed E-state index contributed by atoms with van der Waals surface area (Å²) in [6.07, 6.45) is 12.9. The fraction of sp³-hybridized carbons (Fsp3) is 0.636. The van der Waals surface area contributed by atoms with Gasteiger partial charge in [0.2, 0.25) is 0 Å². The highest BCUT2D eigenvalue weighted by atomic mass is 35.5. The van der Waals surface area contributed by atoms with Gasteiger partial charge in [-0.2, -0.15) is 0 Å². The van der Waals surface area contributed by atoms with Crippen LogP contribution in [-0.4, -0.2) is 11.7 Å². The van der Waals surface area contributed by atoms with E-state index in [1.54, 1.807) is 0 Å². The first kappa shape index (κ1) is 12.7. The second-order valence-corrected chi connectivity index (χ2v) is 3.28. The number of halogens is 1. The van der Waals surface area contributed by atoms with E-state index in [9.17, 15) is 0 Å². The van der Waals surface area contributed by atoms with Gasteiger partial charge >= 0.3 is 0 Å². The molecular formula is C11H19ClO. The smallest absolute Gasteiger partial charge is 0.0431 e. The molecule has 0 saturated carbocycles. The number of aliphatic hydroxyl groups excluding tert-OH is 1. The molecule has 0 aliphatic heterocycles. The van der Waals surface area contributed by atoms with E-state index in [1.165, 1.54) is 24.8 Å². The first-order valence-electron chi connectivity index (χ1n) is 4.94. The Morgan fingerprint density at radius 3 is 2.31 bits per heavy atom. The van der Waals surface area contributed by atoms with Gasteiger partial charge in [-0.25, -0.2) is 0 Å². The molecule has 76 valence electrons. The Morgan fingerprint density at radius 1 is 0.923 bits per heavy atom. The van der Waals surface area contributed by atoms with Crippen molar-refractivity contribution in [1.82, 2.24) is 0 Å². The third kappa shape index (κ3) is 11.7. The van der Waals surface area contributed by atoms with Gasteiger partial charge in [0, 0.05) is 12.1 Å². The normalized spacial score (nSPS) is 11.8. The molecule has 0 bridgehead atoms. The maximum absolute atomic E-state index is 8.53. The topological polar surface area (TPSA) is 20.2 Å². The molecule has 0 spiro atoms. The Labute approximate surface area is 86.1 Å². The molecule has 0 aromatic carbocycles. The molecule has 1 N–H and O–H groups in total. The van der Waals surface area contributed by atoms with E-state index in [4.69, 9.17) is 16.7 Å². The highest BCUT2D eigenvalue weighted by molar-refractivity contribution is 6.25. The highest BCUT2D eigenvalue weighted by Gasteiger charge is 1.87. The molecule has 0 unspecified atom stereocenters. The number of unbranched alkanes of at least 4 members (excludes halogenated alkanes) is 5. The SMILES string of the molecule is OCCCCCCCC=CC=CCl. The van der Waals surface area contributed by atoms with Crippen LogP contribution in [0.25, 0.3) is 0 Å². The van der Waals surface area contributed by atoms with E-state index in [2.05, 4.69) is 6.08 Å². The van der Waals surface area contributed by atoms with Crippen LogP contribution in [0.4, 0.5) is 0 Å². The predicted molar refractivity (Wildman–Crippen MR) is 58.9 cm³/mol. The van der Waals surface area contributed by atoms with Gasteiger partial charge in [0.15, 0.2) is 0 Å². The first-order chi connectivity index (χ1) is 6.41. The van der Waals surface area contributed by atoms with Gasteiger partial charge in [0.05, 0.1) is 0 Å². The molecule has 1 nitrogen and oxygen atoms in total. The zero-order valence-electron chi connectivity index (χ0n) is 8.08. The molecular weight excluding hydrogens is 184 g/mol. The van der Waals surface area contributed by atoms with E-state index in [1.807, 2.05) is 12.2 Å². The number of hydrogen-bond donors (Lipinski definition) is 1. The number of aliphatic hydroxyl groups is 1. The lowest BCUT2D eigenvalue weighted by molar-refractivity contribution is 0.282. The minimum Gasteiger partial charge on any atom is -0.396 e. The van der Waals surface area contributed by atoms with Crippen molar-refractivity contribution in [2.45, 2.75) is 38.5 Å². The van der Waals surface area contributed by atoms with Crippen LogP contribution < -0.4 is 0 Å². The lowest BCUT2D eigenvalue weighted by Gasteiger charge is -1.96. The molecule has 2 heteroatoms. The second-order valence-electron chi connectivity index (χ2n) is 3.03. The van der Waals surface area contributed by atoms with Gasteiger partial charge < -0.3 is 5.11 Å². The van der Waals surface area contributed by atoms with Crippen molar-refractivity contribution in [3.63, 3.8) is 0 Å². The molecule has 0 rings (SSSR count). The van der Waals surface area contributed by atoms with Crippen LogP contribution in [0.1, 0.15) is 38.5 Å². The summed E-state index contributed by atoms with van der Waals surface area (Å²) in [6.45, 7) is 0.334. The quantitative estimate of drug-likeness (QED) is 0.471. The molecule has 0 fully saturated rings. The molecule has 0 aromatic heterocycles. The van der Waals surface area contributed by atoms with E-state index in [0.717, 1.165) is 19.3 Å². The minimum atomic E-state index is 0.334. The summed E-state index contributed by atoms with van der Waals surface area (Å²) in [4.78, 5) is 0. The summed E-state index contributed by atoms with van der Waals surface area (Å²) >= 11 is 5.34. The van der Waals surface area contributed by atoms with E-state index < -0.39 is 0 Å². The molecule has 0 aliphatic rings. The minimum absolute atomic E-state index is 0.334. The standard InChI is InChI=1S/C11H19ClO/c12-10-8-6-4-2-1-3-5-7-9-11-13/h4,6,8,10,13H,1-3,5,7,9,11H2. The maximum atomic E-state index is 8.53. The van der Waals surface area contributed by atoms with Gasteiger partial charge in [-0.3, -0.25) is 0 Å². The van der Waals surface area contributed by atoms with Crippen LogP contribution in [0.15, 0.2) is 23.8 Å². The molecule has 0 aromatic rings. The fourth-order valence-corrected chi connectivity index (χ4v) is 1.21. The van der Waals surface area contributed by atoms with Gasteiger partial charge in [0.1, 0.15) is 0 Å². The molecule has 0 radical (unpaired) electrons. The van der Waals surface area contributed by atoms with E-state index >= 15 is 0 Å². The summed E-state index contributed by atoms with van der Waals surface area (Å²) in [5.41, 5.74) is 1.51. The Bertz CT molecular complexity index is 141. The van der Waals surface area contributed by atoms with Gasteiger partial charge in [-0.1, -0.05) is 49.1 Å². The summed E-state index contributed by atoms with van der Waals surface area (Å²) < 4.78 is 0. The maximum Gasteiger partial charge on any atom is 0.0431 e. The zero-order valence-corrected chi connectivity index (χ0v) is 8.84. The molecule has 0 heterocycles. The van der Waals surface area contributed by atoms with Crippen molar-refractivity contribution in [3.8, 4) is 0 Å². The van der Waals surface area contributed by atoms with Crippen molar-refractivity contribution in [3.05, 3.63) is 23.8 Å². The van der Waals surface area contributed by atoms with Crippen molar-refractivity contribution in [2.24, 2.45) is 0 Å². The Morgan fingerprint density at radius 2 is 1.62 bits per heavy atom. The Hall–Kier alpha value is -0.270. The highest BCUT2D eigenvalue weighted by Crippen LogP contribution is 2.05. The summed E-state index contributed by atoms with van der Waals surface area (Å²) in [7, 11) is 0. The molecule has 0 atom stereocenters. The van der Waals surface area contributed by atoms with Crippen LogP contribution in [0.2, 0.25) is 0 Å². The second kappa shape index (κ2) is 11.7. The lowest BCUT2D eigenvalue weighted by Crippen LogP contribution is -1.82. The summed E-state index contributed by atoms with van der Waals surface area (Å²) in [5, 5.41) is 8.53. The van der Waals surface area contributed by atoms with Crippen LogP contribution in [-0.2, 0) is 0 Å². The fourth-order valence-electron chi connectivity index (χ4n) is 1.12. The Balaban J connectivity index is 2.99. The first-order valence-corrected chi connectivity index (χ1v) is 5.38. The summed E-state index contributed by atoms with van der Waals surface area (Å²) in [6, 6.07) is 0. The number of rotatable bonds is 8. The van der Waals surface area contributed by atoms with E-state index in [-0.39, 0.29) is 0 Å². The monoisotopic (exact) mass is 202 g/mol. The average Bonchev–Trinajstić information content (AvgIpc) is 2.16. The van der Waals surface area contributed by atoms with Crippen molar-refractivity contribution in [1.29, 1.82) is 0 Å². The van der Waals surface area contributed by atoms with Crippen LogP contribution in [0, 0.1) is 0 Å².